The molecule has 0 aliphatic heterocycles. The lowest BCUT2D eigenvalue weighted by Gasteiger charge is -2.12. The van der Waals surface area contributed by atoms with Gasteiger partial charge in [0.25, 0.3) is 0 Å². The Morgan fingerprint density at radius 2 is 1.61 bits per heavy atom. The molecular weight excluding hydrogens is 226 g/mol. The summed E-state index contributed by atoms with van der Waals surface area (Å²) < 4.78 is 10.6. The number of anilines is 1. The van der Waals surface area contributed by atoms with Gasteiger partial charge in [-0.3, -0.25) is 0 Å². The molecule has 0 aliphatic rings. The second-order valence-electron chi connectivity index (χ2n) is 4.07. The topological polar surface area (TPSA) is 44.5 Å². The molecule has 0 unspecified atom stereocenters. The van der Waals surface area contributed by atoms with Gasteiger partial charge in [0.2, 0.25) is 0 Å². The number of hydrogen-bond donors (Lipinski definition) is 1. The van der Waals surface area contributed by atoms with Crippen molar-refractivity contribution in [3.63, 3.8) is 0 Å². The Morgan fingerprint density at radius 1 is 0.944 bits per heavy atom. The lowest BCUT2D eigenvalue weighted by molar-refractivity contribution is 0.401. The first-order valence-corrected chi connectivity index (χ1v) is 5.79. The molecule has 0 spiro atoms. The molecule has 0 aliphatic carbocycles. The average molecular weight is 243 g/mol. The molecule has 0 radical (unpaired) electrons. The quantitative estimate of drug-likeness (QED) is 0.840. The van der Waals surface area contributed by atoms with Gasteiger partial charge in [-0.25, -0.2) is 0 Å². The minimum absolute atomic E-state index is 0.589. The highest BCUT2D eigenvalue weighted by Crippen LogP contribution is 2.32. The normalized spacial score (nSPS) is 10.1. The first-order valence-electron chi connectivity index (χ1n) is 5.79. The number of nitrogen functional groups attached to an aromatic ring is 1. The number of rotatable bonds is 4. The summed E-state index contributed by atoms with van der Waals surface area (Å²) in [5.74, 6) is 1.47. The summed E-state index contributed by atoms with van der Waals surface area (Å²) in [5.41, 5.74) is 8.74. The zero-order valence-corrected chi connectivity index (χ0v) is 10.6. The highest BCUT2D eigenvalue weighted by Gasteiger charge is 2.09. The van der Waals surface area contributed by atoms with Gasteiger partial charge in [-0.05, 0) is 11.6 Å². The first-order chi connectivity index (χ1) is 8.74. The first kappa shape index (κ1) is 12.3. The van der Waals surface area contributed by atoms with Crippen molar-refractivity contribution in [2.75, 3.05) is 20.0 Å². The predicted octanol–water partition coefficient (Wildman–Crippen LogP) is 2.88. The van der Waals surface area contributed by atoms with Gasteiger partial charge >= 0.3 is 0 Å². The van der Waals surface area contributed by atoms with Crippen LogP contribution in [0.3, 0.4) is 0 Å². The van der Waals surface area contributed by atoms with Gasteiger partial charge in [0, 0.05) is 18.1 Å². The molecule has 0 bridgehead atoms. The van der Waals surface area contributed by atoms with Crippen molar-refractivity contribution in [2.45, 2.75) is 6.42 Å². The molecular formula is C15H17NO2. The van der Waals surface area contributed by atoms with E-state index in [0.29, 0.717) is 11.4 Å². The Hall–Kier alpha value is -2.16. The van der Waals surface area contributed by atoms with Crippen LogP contribution >= 0.6 is 0 Å². The second kappa shape index (κ2) is 5.45. The van der Waals surface area contributed by atoms with E-state index in [4.69, 9.17) is 15.2 Å². The van der Waals surface area contributed by atoms with Crippen LogP contribution in [0, 0.1) is 0 Å². The van der Waals surface area contributed by atoms with Gasteiger partial charge < -0.3 is 15.2 Å². The summed E-state index contributed by atoms with van der Waals surface area (Å²) in [4.78, 5) is 0. The average Bonchev–Trinajstić information content (AvgIpc) is 2.41. The van der Waals surface area contributed by atoms with Gasteiger partial charge in [-0.2, -0.15) is 0 Å². The Bertz CT molecular complexity index is 524. The van der Waals surface area contributed by atoms with Crippen molar-refractivity contribution in [1.82, 2.24) is 0 Å². The molecule has 0 amide bonds. The molecule has 0 fully saturated rings. The minimum atomic E-state index is 0.589. The van der Waals surface area contributed by atoms with E-state index in [1.807, 2.05) is 24.3 Å². The third-order valence-corrected chi connectivity index (χ3v) is 2.87. The van der Waals surface area contributed by atoms with Crippen LogP contribution in [0.25, 0.3) is 0 Å². The monoisotopic (exact) mass is 243 g/mol. The van der Waals surface area contributed by atoms with Gasteiger partial charge in [0.1, 0.15) is 11.5 Å². The molecule has 2 N–H and O–H groups in total. The van der Waals surface area contributed by atoms with Crippen LogP contribution in [-0.4, -0.2) is 14.2 Å². The number of benzene rings is 2. The fourth-order valence-corrected chi connectivity index (χ4v) is 1.94. The summed E-state index contributed by atoms with van der Waals surface area (Å²) in [7, 11) is 3.26. The van der Waals surface area contributed by atoms with Gasteiger partial charge in [-0.15, -0.1) is 0 Å². The van der Waals surface area contributed by atoms with Gasteiger partial charge in [-0.1, -0.05) is 30.3 Å². The molecule has 0 atom stereocenters. The van der Waals surface area contributed by atoms with Gasteiger partial charge in [0.05, 0.1) is 19.9 Å². The summed E-state index contributed by atoms with van der Waals surface area (Å²) in [6.45, 7) is 0. The number of hydrogen-bond acceptors (Lipinski definition) is 3. The lowest BCUT2D eigenvalue weighted by atomic mass is 10.0. The van der Waals surface area contributed by atoms with Crippen LogP contribution < -0.4 is 15.2 Å². The van der Waals surface area contributed by atoms with Crippen molar-refractivity contribution < 1.29 is 9.47 Å². The van der Waals surface area contributed by atoms with E-state index in [2.05, 4.69) is 12.1 Å². The molecule has 0 saturated carbocycles. The maximum absolute atomic E-state index is 5.86. The Morgan fingerprint density at radius 3 is 2.22 bits per heavy atom. The number of ether oxygens (including phenoxy) is 2. The molecule has 18 heavy (non-hydrogen) atoms. The fraction of sp³-hybridized carbons (Fsp3) is 0.200. The molecule has 2 aromatic rings. The third-order valence-electron chi connectivity index (χ3n) is 2.87. The summed E-state index contributed by atoms with van der Waals surface area (Å²) >= 11 is 0. The van der Waals surface area contributed by atoms with E-state index in [1.54, 1.807) is 20.3 Å². The summed E-state index contributed by atoms with van der Waals surface area (Å²) in [6, 6.07) is 14.0. The molecule has 3 heteroatoms. The second-order valence-corrected chi connectivity index (χ2v) is 4.07. The van der Waals surface area contributed by atoms with Crippen molar-refractivity contribution in [3.8, 4) is 11.5 Å². The Kier molecular flexibility index (Phi) is 3.72. The van der Waals surface area contributed by atoms with Crippen molar-refractivity contribution >= 4 is 5.69 Å². The molecule has 0 aromatic heterocycles. The van der Waals surface area contributed by atoms with Crippen LogP contribution in [-0.2, 0) is 6.42 Å². The Labute approximate surface area is 107 Å². The highest BCUT2D eigenvalue weighted by atomic mass is 16.5. The predicted molar refractivity (Wildman–Crippen MR) is 73.2 cm³/mol. The highest BCUT2D eigenvalue weighted by molar-refractivity contribution is 5.60. The molecule has 94 valence electrons. The number of nitrogens with two attached hydrogens (primary N) is 1. The van der Waals surface area contributed by atoms with E-state index >= 15 is 0 Å². The maximum Gasteiger partial charge on any atom is 0.142 e. The smallest absolute Gasteiger partial charge is 0.142 e. The van der Waals surface area contributed by atoms with Crippen LogP contribution in [0.15, 0.2) is 42.5 Å². The zero-order chi connectivity index (χ0) is 13.0. The maximum atomic E-state index is 5.86. The van der Waals surface area contributed by atoms with E-state index in [1.165, 1.54) is 5.56 Å². The number of methoxy groups -OCH3 is 2. The fourth-order valence-electron chi connectivity index (χ4n) is 1.94. The van der Waals surface area contributed by atoms with E-state index in [0.717, 1.165) is 17.7 Å². The standard InChI is InChI=1S/C15H17NO2/c1-17-14-10-13(16)15(18-2)9-12(14)8-11-6-4-3-5-7-11/h3-7,9-10H,8,16H2,1-2H3. The van der Waals surface area contributed by atoms with Crippen LogP contribution in [0.2, 0.25) is 0 Å². The molecule has 2 rings (SSSR count). The van der Waals surface area contributed by atoms with Crippen LogP contribution in [0.4, 0.5) is 5.69 Å². The molecule has 3 nitrogen and oxygen atoms in total. The SMILES string of the molecule is COc1cc(Cc2ccccc2)c(OC)cc1N. The van der Waals surface area contributed by atoms with Crippen LogP contribution in [0.1, 0.15) is 11.1 Å². The van der Waals surface area contributed by atoms with Crippen molar-refractivity contribution in [2.24, 2.45) is 0 Å². The molecule has 2 aromatic carbocycles. The molecule has 0 heterocycles. The van der Waals surface area contributed by atoms with Crippen molar-refractivity contribution in [1.29, 1.82) is 0 Å². The lowest BCUT2D eigenvalue weighted by Crippen LogP contribution is -1.99. The van der Waals surface area contributed by atoms with E-state index in [-0.39, 0.29) is 0 Å². The summed E-state index contributed by atoms with van der Waals surface area (Å²) in [6.07, 6.45) is 0.792. The minimum Gasteiger partial charge on any atom is -0.496 e. The van der Waals surface area contributed by atoms with Crippen LogP contribution in [0.5, 0.6) is 11.5 Å². The van der Waals surface area contributed by atoms with Gasteiger partial charge in [0.15, 0.2) is 0 Å². The largest absolute Gasteiger partial charge is 0.496 e. The third kappa shape index (κ3) is 2.56. The van der Waals surface area contributed by atoms with E-state index in [9.17, 15) is 0 Å². The summed E-state index contributed by atoms with van der Waals surface area (Å²) in [5, 5.41) is 0. The molecule has 0 saturated heterocycles. The van der Waals surface area contributed by atoms with E-state index < -0.39 is 0 Å². The Balaban J connectivity index is 2.37. The zero-order valence-electron chi connectivity index (χ0n) is 10.6. The van der Waals surface area contributed by atoms with Crippen molar-refractivity contribution in [3.05, 3.63) is 53.6 Å².